The summed E-state index contributed by atoms with van der Waals surface area (Å²) in [5.74, 6) is -0.310. The first kappa shape index (κ1) is 63.7. The lowest BCUT2D eigenvalue weighted by atomic mass is 9.43. The van der Waals surface area contributed by atoms with Crippen LogP contribution in [0, 0.1) is 57.7 Å². The van der Waals surface area contributed by atoms with E-state index in [0.29, 0.717) is 30.1 Å². The van der Waals surface area contributed by atoms with Gasteiger partial charge in [-0.05, 0) is 111 Å². The number of imidazole rings is 1. The number of aliphatic hydroxyl groups is 4. The van der Waals surface area contributed by atoms with Crippen LogP contribution in [-0.4, -0.2) is 131 Å². The number of nitrogens with zero attached hydrogens (tertiary/aromatic N) is 4. The molecule has 5 fully saturated rings. The van der Waals surface area contributed by atoms with Gasteiger partial charge in [-0.3, -0.25) is 32.9 Å². The van der Waals surface area contributed by atoms with E-state index in [-0.39, 0.29) is 94.4 Å². The Labute approximate surface area is 462 Å². The number of carbonyl (C=O) groups excluding carboxylic acids is 4. The molecule has 2 aromatic heterocycles. The maximum atomic E-state index is 13.3. The zero-order valence-electron chi connectivity index (χ0n) is 45.0. The maximum absolute atomic E-state index is 13.3. The zero-order valence-corrected chi connectivity index (χ0v) is 48.5. The molecule has 0 radical (unpaired) electrons. The summed E-state index contributed by atoms with van der Waals surface area (Å²) in [4.78, 5) is 112. The molecule has 1 aliphatic heterocycles. The van der Waals surface area contributed by atoms with Gasteiger partial charge in [0.25, 0.3) is 15.6 Å². The third-order valence-corrected chi connectivity index (χ3v) is 21.9. The lowest BCUT2D eigenvalue weighted by molar-refractivity contribution is -0.347. The highest BCUT2D eigenvalue weighted by atomic mass is 32.2. The number of phosphoric ester groups is 3. The number of hydrogen-bond acceptors (Lipinski definition) is 25. The van der Waals surface area contributed by atoms with Gasteiger partial charge in [0, 0.05) is 37.1 Å². The number of nitrogen functional groups attached to an aromatic ring is 1. The Morgan fingerprint density at radius 2 is 1.61 bits per heavy atom. The molecular formula is C48H74N7O20P3S-4. The van der Waals surface area contributed by atoms with E-state index in [1.54, 1.807) is 6.92 Å². The van der Waals surface area contributed by atoms with Gasteiger partial charge in [-0.25, -0.2) is 19.3 Å². The second kappa shape index (κ2) is 25.2. The molecule has 3 heterocycles. The number of ether oxygens (including phenoxy) is 1. The molecule has 5 aliphatic rings. The van der Waals surface area contributed by atoms with Crippen LogP contribution in [0.2, 0.25) is 0 Å². The van der Waals surface area contributed by atoms with Crippen molar-refractivity contribution < 1.29 is 95.5 Å². The van der Waals surface area contributed by atoms with Gasteiger partial charge in [0.05, 0.1) is 45.5 Å². The number of phosphoric acid groups is 3. The van der Waals surface area contributed by atoms with E-state index in [0.717, 1.165) is 80.4 Å². The fraction of sp³-hybridized carbons (Fsp3) is 0.812. The van der Waals surface area contributed by atoms with Crippen molar-refractivity contribution in [3.05, 3.63) is 12.7 Å². The van der Waals surface area contributed by atoms with Crippen molar-refractivity contribution in [1.82, 2.24) is 30.2 Å². The Hall–Kier alpha value is -2.85. The highest BCUT2D eigenvalue weighted by molar-refractivity contribution is 8.13. The minimum atomic E-state index is -5.96. The Morgan fingerprint density at radius 1 is 0.924 bits per heavy atom. The molecule has 1 saturated heterocycles. The van der Waals surface area contributed by atoms with Crippen molar-refractivity contribution in [1.29, 1.82) is 0 Å². The van der Waals surface area contributed by atoms with Crippen molar-refractivity contribution in [2.75, 3.05) is 37.8 Å². The van der Waals surface area contributed by atoms with Gasteiger partial charge in [0.1, 0.15) is 42.0 Å². The van der Waals surface area contributed by atoms with Gasteiger partial charge in [0.2, 0.25) is 11.8 Å². The van der Waals surface area contributed by atoms with Gasteiger partial charge in [-0.1, -0.05) is 46.4 Å². The SMILES string of the molecule is CC(C(=O)CC[C@@H](C)[C@H]1CC[C@H]2[C@@H]3[C@H](O)C[C@@H]4C[C@H](O)CC[C@]4(C)[C@H]3CC[C@]12C)C(=O)SCCNC(=O)CCNC(=O)[C@H](O)C(C)(C)COP(=O)([O-])OP(=O)([O-])OC[C@H]1O[C@@H](n2cnc3c(N)ncnc32)[C@H](O)[C@@H]1OP(=O)([O-])[O-]. The van der Waals surface area contributed by atoms with Crippen molar-refractivity contribution in [2.24, 2.45) is 57.7 Å². The average molecular weight is 1190 g/mol. The van der Waals surface area contributed by atoms with Crippen LogP contribution in [0.5, 0.6) is 0 Å². The number of anilines is 1. The van der Waals surface area contributed by atoms with Gasteiger partial charge in [-0.2, -0.15) is 0 Å². The third kappa shape index (κ3) is 14.7. The van der Waals surface area contributed by atoms with Crippen molar-refractivity contribution in [3.63, 3.8) is 0 Å². The van der Waals surface area contributed by atoms with Crippen LogP contribution >= 0.6 is 35.2 Å². The van der Waals surface area contributed by atoms with Gasteiger partial charge in [0.15, 0.2) is 22.8 Å². The first-order valence-corrected chi connectivity index (χ1v) is 32.0. The molecule has 4 saturated carbocycles. The topological polar surface area (TPSA) is 432 Å². The number of aliphatic hydroxyl groups excluding tert-OH is 4. The predicted molar refractivity (Wildman–Crippen MR) is 273 cm³/mol. The Kier molecular flexibility index (Phi) is 20.3. The lowest BCUT2D eigenvalue weighted by Crippen LogP contribution is -2.58. The second-order valence-electron chi connectivity index (χ2n) is 23.3. The summed E-state index contributed by atoms with van der Waals surface area (Å²) >= 11 is 0.929. The Balaban J connectivity index is 0.774. The first-order valence-electron chi connectivity index (χ1n) is 26.6. The molecule has 18 atom stereocenters. The highest BCUT2D eigenvalue weighted by Crippen LogP contribution is 2.68. The molecule has 0 bridgehead atoms. The first-order chi connectivity index (χ1) is 36.8. The smallest absolute Gasteiger partial charge is 0.274 e. The van der Waals surface area contributed by atoms with E-state index in [2.05, 4.69) is 64.2 Å². The van der Waals surface area contributed by atoms with E-state index in [1.165, 1.54) is 13.8 Å². The number of amides is 2. The number of rotatable bonds is 25. The van der Waals surface area contributed by atoms with Gasteiger partial charge < -0.3 is 79.2 Å². The zero-order chi connectivity index (χ0) is 58.2. The lowest BCUT2D eigenvalue weighted by Gasteiger charge is -2.62. The Morgan fingerprint density at radius 3 is 2.32 bits per heavy atom. The monoisotopic (exact) mass is 1190 g/mol. The number of ketones is 1. The molecule has 2 aromatic rings. The van der Waals surface area contributed by atoms with Crippen LogP contribution < -0.4 is 35.9 Å². The number of carbonyl (C=O) groups is 4. The molecule has 3 unspecified atom stereocenters. The summed E-state index contributed by atoms with van der Waals surface area (Å²) in [6.07, 6.45) is 0.159. The molecule has 79 heavy (non-hydrogen) atoms. The molecule has 7 rings (SSSR count). The van der Waals surface area contributed by atoms with Gasteiger partial charge in [-0.15, -0.1) is 0 Å². The number of nitrogens with two attached hydrogens (primary N) is 1. The minimum absolute atomic E-state index is 0.0301. The fourth-order valence-electron chi connectivity index (χ4n) is 13.5. The van der Waals surface area contributed by atoms with Crippen LogP contribution in [-0.2, 0) is 55.5 Å². The molecular weight excluding hydrogens is 1120 g/mol. The number of fused-ring (bicyclic) bond motifs is 6. The van der Waals surface area contributed by atoms with Crippen molar-refractivity contribution in [2.45, 2.75) is 155 Å². The number of hydrogen-bond donors (Lipinski definition) is 7. The summed E-state index contributed by atoms with van der Waals surface area (Å²) in [7, 11) is -17.7. The minimum Gasteiger partial charge on any atom is -0.790 e. The number of aromatic nitrogens is 4. The molecule has 4 aliphatic carbocycles. The molecule has 0 spiro atoms. The van der Waals surface area contributed by atoms with Crippen LogP contribution in [0.1, 0.15) is 118 Å². The second-order valence-corrected chi connectivity index (χ2v) is 28.5. The quantitative estimate of drug-likeness (QED) is 0.0410. The number of Topliss-reactive ketones (excluding diaryl/α,β-unsaturated/α-hetero) is 1. The normalized spacial score (nSPS) is 33.6. The summed E-state index contributed by atoms with van der Waals surface area (Å²) < 4.78 is 61.1. The van der Waals surface area contributed by atoms with Crippen molar-refractivity contribution >= 4 is 74.9 Å². The van der Waals surface area contributed by atoms with E-state index >= 15 is 0 Å². The third-order valence-electron chi connectivity index (χ3n) is 17.8. The summed E-state index contributed by atoms with van der Waals surface area (Å²) in [6.45, 7) is 8.46. The van der Waals surface area contributed by atoms with Crippen molar-refractivity contribution in [3.8, 4) is 0 Å². The largest absolute Gasteiger partial charge is 0.790 e. The molecule has 446 valence electrons. The average Bonchev–Trinajstić information content (AvgIpc) is 4.03. The Bertz CT molecular complexity index is 2690. The van der Waals surface area contributed by atoms with Crippen LogP contribution in [0.4, 0.5) is 5.82 Å². The highest BCUT2D eigenvalue weighted by Gasteiger charge is 2.63. The molecule has 0 aromatic carbocycles. The molecule has 8 N–H and O–H groups in total. The molecule has 31 heteroatoms. The van der Waals surface area contributed by atoms with E-state index in [1.807, 2.05) is 0 Å². The number of thioether (sulfide) groups is 1. The van der Waals surface area contributed by atoms with E-state index in [9.17, 15) is 72.9 Å². The van der Waals surface area contributed by atoms with Crippen LogP contribution in [0.3, 0.4) is 0 Å². The van der Waals surface area contributed by atoms with E-state index < -0.39 is 90.5 Å². The van der Waals surface area contributed by atoms with Gasteiger partial charge >= 0.3 is 0 Å². The fourth-order valence-corrected chi connectivity index (χ4v) is 17.0. The van der Waals surface area contributed by atoms with Crippen LogP contribution in [0.15, 0.2) is 12.7 Å². The van der Waals surface area contributed by atoms with Crippen LogP contribution in [0.25, 0.3) is 11.2 Å². The molecule has 2 amide bonds. The standard InChI is InChI=1S/C48H78N7O20P3S/c1-25(29-8-9-30-36-31(12-15-48(29,30)6)47(5)14-11-28(56)19-27(47)20-33(36)58)7-10-32(57)26(2)45(63)79-18-17-50-35(59)13-16-51-43(62)40(61)46(3,4)22-72-78(69,70)75-77(67,68)71-21-34-39(74-76(64,65)66)38(60)44(73-34)55-24-54-37-41(49)52-23-53-42(37)55/h23-31,33-34,36,38-40,44,56,58,60-61H,7-22H2,1-6H3,(H,50,59)(H,51,62)(H,67,68)(H,69,70)(H2,49,52,53)(H2,64,65,66)/p-4/t25-,26?,27+,28-,29-,30+,31+,33-,34-,36+,38-,39-,40+,44-,47+,48-/m1/s1. The predicted octanol–water partition coefficient (Wildman–Crippen LogP) is 0.749. The van der Waals surface area contributed by atoms with E-state index in [4.69, 9.17) is 10.5 Å². The maximum Gasteiger partial charge on any atom is 0.274 e. The summed E-state index contributed by atoms with van der Waals surface area (Å²) in [6, 6.07) is 0. The molecule has 27 nitrogen and oxygen atoms in total. The summed E-state index contributed by atoms with van der Waals surface area (Å²) in [5, 5.41) is 48.2. The number of nitrogens with one attached hydrogen (secondary N) is 2. The summed E-state index contributed by atoms with van der Waals surface area (Å²) in [5.41, 5.74) is 4.25.